The molecule has 0 aliphatic rings. The topological polar surface area (TPSA) is 9.23 Å². The maximum atomic E-state index is 12.7. The minimum Gasteiger partial charge on any atom is -0.377 e. The molecule has 1 aromatic rings. The quantitative estimate of drug-likeness (QED) is 0.663. The lowest BCUT2D eigenvalue weighted by Crippen LogP contribution is -1.96. The molecule has 3 heteroatoms. The van der Waals surface area contributed by atoms with Gasteiger partial charge in [-0.1, -0.05) is 13.3 Å². The van der Waals surface area contributed by atoms with Gasteiger partial charge in [-0.05, 0) is 24.1 Å². The van der Waals surface area contributed by atoms with Crippen LogP contribution < -0.4 is 0 Å². The first-order valence-electron chi connectivity index (χ1n) is 4.75. The molecule has 0 amide bonds. The van der Waals surface area contributed by atoms with Gasteiger partial charge in [0.15, 0.2) is 0 Å². The zero-order valence-corrected chi connectivity index (χ0v) is 8.22. The highest BCUT2D eigenvalue weighted by molar-refractivity contribution is 5.16. The Labute approximate surface area is 82.7 Å². The van der Waals surface area contributed by atoms with Crippen molar-refractivity contribution in [3.05, 3.63) is 35.4 Å². The van der Waals surface area contributed by atoms with Crippen molar-refractivity contribution in [3.63, 3.8) is 0 Å². The van der Waals surface area contributed by atoms with Gasteiger partial charge in [0.1, 0.15) is 11.6 Å². The number of halogens is 2. The molecule has 0 heterocycles. The van der Waals surface area contributed by atoms with Crippen LogP contribution in [0, 0.1) is 11.6 Å². The van der Waals surface area contributed by atoms with Gasteiger partial charge in [0, 0.05) is 12.7 Å². The molecule has 0 atom stereocenters. The zero-order valence-electron chi connectivity index (χ0n) is 8.22. The molecule has 0 aliphatic carbocycles. The summed E-state index contributed by atoms with van der Waals surface area (Å²) in [6.07, 6.45) is 2.02. The van der Waals surface area contributed by atoms with Gasteiger partial charge in [0.2, 0.25) is 0 Å². The molecule has 0 unspecified atom stereocenters. The smallest absolute Gasteiger partial charge is 0.126 e. The van der Waals surface area contributed by atoms with Crippen LogP contribution in [0.15, 0.2) is 18.2 Å². The van der Waals surface area contributed by atoms with Gasteiger partial charge in [-0.25, -0.2) is 8.78 Å². The van der Waals surface area contributed by atoms with Crippen LogP contribution in [0.3, 0.4) is 0 Å². The second-order valence-corrected chi connectivity index (χ2v) is 3.18. The van der Waals surface area contributed by atoms with E-state index in [1.165, 1.54) is 12.1 Å². The Morgan fingerprint density at radius 2 is 1.79 bits per heavy atom. The monoisotopic (exact) mass is 200 g/mol. The summed E-state index contributed by atoms with van der Waals surface area (Å²) < 4.78 is 30.7. The van der Waals surface area contributed by atoms with Crippen LogP contribution >= 0.6 is 0 Å². The Morgan fingerprint density at radius 1 is 1.14 bits per heavy atom. The first kappa shape index (κ1) is 11.1. The van der Waals surface area contributed by atoms with E-state index in [1.54, 1.807) is 0 Å². The summed E-state index contributed by atoms with van der Waals surface area (Å²) >= 11 is 0. The standard InChI is InChI=1S/C11H14F2O/c1-2-3-4-14-8-9-5-10(12)7-11(13)6-9/h5-7H,2-4,8H2,1H3. The lowest BCUT2D eigenvalue weighted by Gasteiger charge is -2.03. The molecule has 0 saturated heterocycles. The molecule has 0 saturated carbocycles. The third kappa shape index (κ3) is 3.83. The Hall–Kier alpha value is -0.960. The molecule has 0 bridgehead atoms. The maximum Gasteiger partial charge on any atom is 0.126 e. The molecular weight excluding hydrogens is 186 g/mol. The van der Waals surface area contributed by atoms with E-state index in [4.69, 9.17) is 4.74 Å². The van der Waals surface area contributed by atoms with Crippen LogP contribution in [0.2, 0.25) is 0 Å². The minimum absolute atomic E-state index is 0.272. The van der Waals surface area contributed by atoms with Gasteiger partial charge in [-0.2, -0.15) is 0 Å². The van der Waals surface area contributed by atoms with Crippen molar-refractivity contribution in [1.82, 2.24) is 0 Å². The lowest BCUT2D eigenvalue weighted by atomic mass is 10.2. The van der Waals surface area contributed by atoms with E-state index >= 15 is 0 Å². The minimum atomic E-state index is -0.556. The molecule has 0 aromatic heterocycles. The van der Waals surface area contributed by atoms with E-state index in [1.807, 2.05) is 0 Å². The highest BCUT2D eigenvalue weighted by Gasteiger charge is 2.00. The first-order valence-corrected chi connectivity index (χ1v) is 4.75. The molecule has 1 nitrogen and oxygen atoms in total. The van der Waals surface area contributed by atoms with Crippen LogP contribution in [0.4, 0.5) is 8.78 Å². The van der Waals surface area contributed by atoms with E-state index in [0.717, 1.165) is 18.9 Å². The molecule has 1 aromatic carbocycles. The molecule has 0 fully saturated rings. The molecule has 0 aliphatic heterocycles. The Bertz CT molecular complexity index is 266. The summed E-state index contributed by atoms with van der Waals surface area (Å²) in [6, 6.07) is 3.43. The van der Waals surface area contributed by atoms with Gasteiger partial charge in [0.25, 0.3) is 0 Å². The summed E-state index contributed by atoms with van der Waals surface area (Å²) in [4.78, 5) is 0. The van der Waals surface area contributed by atoms with Crippen molar-refractivity contribution in [1.29, 1.82) is 0 Å². The third-order valence-electron chi connectivity index (χ3n) is 1.83. The Kier molecular flexibility index (Phi) is 4.53. The normalized spacial score (nSPS) is 10.5. The molecule has 78 valence electrons. The number of hydrogen-bond donors (Lipinski definition) is 0. The summed E-state index contributed by atoms with van der Waals surface area (Å²) in [6.45, 7) is 2.97. The van der Waals surface area contributed by atoms with Crippen LogP contribution in [0.5, 0.6) is 0 Å². The second kappa shape index (κ2) is 5.70. The zero-order chi connectivity index (χ0) is 10.4. The average molecular weight is 200 g/mol. The van der Waals surface area contributed by atoms with E-state index < -0.39 is 11.6 Å². The Balaban J connectivity index is 2.42. The van der Waals surface area contributed by atoms with Gasteiger partial charge in [-0.3, -0.25) is 0 Å². The summed E-state index contributed by atoms with van der Waals surface area (Å²) in [5.74, 6) is -1.11. The predicted molar refractivity (Wildman–Crippen MR) is 50.9 cm³/mol. The number of ether oxygens (including phenoxy) is 1. The Morgan fingerprint density at radius 3 is 2.36 bits per heavy atom. The fourth-order valence-electron chi connectivity index (χ4n) is 1.13. The fourth-order valence-corrected chi connectivity index (χ4v) is 1.13. The first-order chi connectivity index (χ1) is 6.72. The molecule has 1 rings (SSSR count). The number of benzene rings is 1. The average Bonchev–Trinajstić information content (AvgIpc) is 2.11. The van der Waals surface area contributed by atoms with Gasteiger partial charge < -0.3 is 4.74 Å². The molecule has 14 heavy (non-hydrogen) atoms. The largest absolute Gasteiger partial charge is 0.377 e. The van der Waals surface area contributed by atoms with E-state index in [2.05, 4.69) is 6.92 Å². The van der Waals surface area contributed by atoms with E-state index in [-0.39, 0.29) is 6.61 Å². The van der Waals surface area contributed by atoms with Crippen LogP contribution in [-0.2, 0) is 11.3 Å². The van der Waals surface area contributed by atoms with E-state index in [9.17, 15) is 8.78 Å². The summed E-state index contributed by atoms with van der Waals surface area (Å²) in [7, 11) is 0. The van der Waals surface area contributed by atoms with Crippen molar-refractivity contribution < 1.29 is 13.5 Å². The van der Waals surface area contributed by atoms with Crippen LogP contribution in [0.1, 0.15) is 25.3 Å². The van der Waals surface area contributed by atoms with Crippen LogP contribution in [-0.4, -0.2) is 6.61 Å². The van der Waals surface area contributed by atoms with Gasteiger partial charge >= 0.3 is 0 Å². The van der Waals surface area contributed by atoms with Crippen LogP contribution in [0.25, 0.3) is 0 Å². The number of rotatable bonds is 5. The van der Waals surface area contributed by atoms with E-state index in [0.29, 0.717) is 12.2 Å². The fraction of sp³-hybridized carbons (Fsp3) is 0.455. The molecule has 0 N–H and O–H groups in total. The van der Waals surface area contributed by atoms with Gasteiger partial charge in [0.05, 0.1) is 6.61 Å². The SMILES string of the molecule is CCCCOCc1cc(F)cc(F)c1. The van der Waals surface area contributed by atoms with Crippen molar-refractivity contribution in [2.75, 3.05) is 6.61 Å². The highest BCUT2D eigenvalue weighted by atomic mass is 19.1. The maximum absolute atomic E-state index is 12.7. The summed E-state index contributed by atoms with van der Waals surface area (Å²) in [5, 5.41) is 0. The molecule has 0 radical (unpaired) electrons. The molecular formula is C11H14F2O. The third-order valence-corrected chi connectivity index (χ3v) is 1.83. The van der Waals surface area contributed by atoms with Crippen molar-refractivity contribution >= 4 is 0 Å². The molecule has 0 spiro atoms. The van der Waals surface area contributed by atoms with Gasteiger partial charge in [-0.15, -0.1) is 0 Å². The van der Waals surface area contributed by atoms with Crippen molar-refractivity contribution in [2.24, 2.45) is 0 Å². The predicted octanol–water partition coefficient (Wildman–Crippen LogP) is 3.28. The number of hydrogen-bond acceptors (Lipinski definition) is 1. The number of unbranched alkanes of at least 4 members (excludes halogenated alkanes) is 1. The summed E-state index contributed by atoms with van der Waals surface area (Å²) in [5.41, 5.74) is 0.540. The van der Waals surface area contributed by atoms with Crippen molar-refractivity contribution in [2.45, 2.75) is 26.4 Å². The second-order valence-electron chi connectivity index (χ2n) is 3.18. The lowest BCUT2D eigenvalue weighted by molar-refractivity contribution is 0.117. The highest BCUT2D eigenvalue weighted by Crippen LogP contribution is 2.09. The van der Waals surface area contributed by atoms with Crippen molar-refractivity contribution in [3.8, 4) is 0 Å².